The molecule has 1 heterocycles. The molecule has 1 aliphatic rings. The zero-order valence-electron chi connectivity index (χ0n) is 10.0. The summed E-state index contributed by atoms with van der Waals surface area (Å²) in [5.41, 5.74) is 2.58. The van der Waals surface area contributed by atoms with Crippen LogP contribution in [0.4, 0.5) is 0 Å². The second-order valence-electron chi connectivity index (χ2n) is 4.07. The highest BCUT2D eigenvalue weighted by Crippen LogP contribution is 2.22. The number of rotatable bonds is 2. The first-order chi connectivity index (χ1) is 8.78. The predicted molar refractivity (Wildman–Crippen MR) is 68.7 cm³/mol. The molecule has 0 amide bonds. The summed E-state index contributed by atoms with van der Waals surface area (Å²) in [6.45, 7) is 2.55. The average molecular weight is 240 g/mol. The van der Waals surface area contributed by atoms with Crippen molar-refractivity contribution in [1.29, 1.82) is 0 Å². The van der Waals surface area contributed by atoms with Crippen molar-refractivity contribution in [3.63, 3.8) is 0 Å². The summed E-state index contributed by atoms with van der Waals surface area (Å²) in [7, 11) is 0. The highest BCUT2D eigenvalue weighted by molar-refractivity contribution is 6.01. The quantitative estimate of drug-likeness (QED) is 0.809. The second-order valence-corrected chi connectivity index (χ2v) is 4.07. The molecule has 0 aliphatic heterocycles. The molecule has 0 radical (unpaired) electrons. The van der Waals surface area contributed by atoms with E-state index in [-0.39, 0.29) is 5.78 Å². The maximum absolute atomic E-state index is 11.7. The summed E-state index contributed by atoms with van der Waals surface area (Å²) >= 11 is 0. The van der Waals surface area contributed by atoms with E-state index in [9.17, 15) is 4.79 Å². The minimum absolute atomic E-state index is 0.0239. The first kappa shape index (κ1) is 10.9. The van der Waals surface area contributed by atoms with Gasteiger partial charge in [0.15, 0.2) is 5.78 Å². The van der Waals surface area contributed by atoms with Crippen LogP contribution in [-0.2, 0) is 0 Å². The Labute approximate surface area is 104 Å². The fourth-order valence-electron chi connectivity index (χ4n) is 2.00. The number of nitrogens with zero attached hydrogens (tertiary/aromatic N) is 2. The zero-order chi connectivity index (χ0) is 12.5. The van der Waals surface area contributed by atoms with Crippen molar-refractivity contribution in [2.45, 2.75) is 13.3 Å². The number of hydrogen-bond donors (Lipinski definition) is 0. The highest BCUT2D eigenvalue weighted by atomic mass is 16.5. The molecule has 0 fully saturated rings. The maximum atomic E-state index is 11.7. The summed E-state index contributed by atoms with van der Waals surface area (Å²) in [6.07, 6.45) is 4.07. The van der Waals surface area contributed by atoms with Gasteiger partial charge in [0.05, 0.1) is 23.3 Å². The molecular formula is C14H12N2O2. The van der Waals surface area contributed by atoms with Crippen LogP contribution >= 0.6 is 0 Å². The first-order valence-electron chi connectivity index (χ1n) is 5.92. The number of hydrogen-bond acceptors (Lipinski definition) is 4. The molecule has 2 aromatic rings. The molecule has 0 bridgehead atoms. The van der Waals surface area contributed by atoms with Gasteiger partial charge < -0.3 is 4.74 Å². The zero-order valence-corrected chi connectivity index (χ0v) is 10.0. The summed E-state index contributed by atoms with van der Waals surface area (Å²) < 4.78 is 5.43. The Balaban J connectivity index is 2.18. The Hall–Kier alpha value is -2.23. The topological polar surface area (TPSA) is 52.1 Å². The van der Waals surface area contributed by atoms with Gasteiger partial charge in [0.1, 0.15) is 11.4 Å². The third kappa shape index (κ3) is 1.76. The van der Waals surface area contributed by atoms with Crippen LogP contribution in [-0.4, -0.2) is 22.4 Å². The molecule has 1 aromatic carbocycles. The molecule has 18 heavy (non-hydrogen) atoms. The molecule has 0 spiro atoms. The van der Waals surface area contributed by atoms with E-state index in [1.807, 2.05) is 37.3 Å². The van der Waals surface area contributed by atoms with E-state index in [2.05, 4.69) is 9.97 Å². The number of aromatic nitrogens is 2. The number of carbonyl (C=O) groups excluding carboxylic acids is 1. The van der Waals surface area contributed by atoms with Crippen molar-refractivity contribution >= 4 is 22.9 Å². The summed E-state index contributed by atoms with van der Waals surface area (Å²) in [4.78, 5) is 20.6. The van der Waals surface area contributed by atoms with Gasteiger partial charge in [-0.15, -0.1) is 0 Å². The van der Waals surface area contributed by atoms with Gasteiger partial charge in [-0.25, -0.2) is 9.97 Å². The highest BCUT2D eigenvalue weighted by Gasteiger charge is 2.17. The lowest BCUT2D eigenvalue weighted by molar-refractivity contribution is 0.0989. The molecular weight excluding hydrogens is 228 g/mol. The normalized spacial score (nSPS) is 13.7. The van der Waals surface area contributed by atoms with E-state index in [0.717, 1.165) is 16.8 Å². The van der Waals surface area contributed by atoms with Crippen molar-refractivity contribution in [2.75, 3.05) is 6.61 Å². The maximum Gasteiger partial charge on any atom is 0.187 e. The lowest BCUT2D eigenvalue weighted by Crippen LogP contribution is -2.09. The van der Waals surface area contributed by atoms with Gasteiger partial charge in [0, 0.05) is 12.5 Å². The van der Waals surface area contributed by atoms with Gasteiger partial charge in [-0.3, -0.25) is 4.79 Å². The lowest BCUT2D eigenvalue weighted by Gasteiger charge is -2.09. The number of allylic oxidation sites excluding steroid dienone is 1. The van der Waals surface area contributed by atoms with Crippen molar-refractivity contribution in [1.82, 2.24) is 9.97 Å². The molecule has 0 saturated heterocycles. The number of ether oxygens (including phenoxy) is 1. The Morgan fingerprint density at radius 1 is 1.28 bits per heavy atom. The molecule has 1 aliphatic carbocycles. The summed E-state index contributed by atoms with van der Waals surface area (Å²) in [5, 5.41) is 0. The number of Topliss-reactive ketones (excluding diaryl/α,β-unsaturated/α-hetero) is 1. The fourth-order valence-corrected chi connectivity index (χ4v) is 2.00. The van der Waals surface area contributed by atoms with Crippen LogP contribution in [0.25, 0.3) is 17.1 Å². The van der Waals surface area contributed by atoms with Crippen LogP contribution in [0.3, 0.4) is 0 Å². The van der Waals surface area contributed by atoms with Crippen LogP contribution in [0.5, 0.6) is 5.75 Å². The number of carbonyl (C=O) groups is 1. The van der Waals surface area contributed by atoms with Crippen molar-refractivity contribution in [2.24, 2.45) is 0 Å². The number of ketones is 1. The van der Waals surface area contributed by atoms with E-state index < -0.39 is 0 Å². The molecule has 3 rings (SSSR count). The van der Waals surface area contributed by atoms with Gasteiger partial charge >= 0.3 is 0 Å². The van der Waals surface area contributed by atoms with Crippen LogP contribution in [0, 0.1) is 0 Å². The predicted octanol–water partition coefficient (Wildman–Crippen LogP) is 2.63. The Morgan fingerprint density at radius 2 is 2.17 bits per heavy atom. The lowest BCUT2D eigenvalue weighted by atomic mass is 10.1. The monoisotopic (exact) mass is 240 g/mol. The average Bonchev–Trinajstić information content (AvgIpc) is 2.38. The van der Waals surface area contributed by atoms with E-state index in [0.29, 0.717) is 24.4 Å². The SMILES string of the molecule is CCOc1ccc2nc3c(nc2c1)C=CCC3=O. The van der Waals surface area contributed by atoms with Gasteiger partial charge in [-0.2, -0.15) is 0 Å². The minimum atomic E-state index is 0.0239. The van der Waals surface area contributed by atoms with Crippen LogP contribution < -0.4 is 4.74 Å². The molecule has 0 atom stereocenters. The van der Waals surface area contributed by atoms with E-state index in [1.54, 1.807) is 0 Å². The summed E-state index contributed by atoms with van der Waals surface area (Å²) in [6, 6.07) is 5.52. The van der Waals surface area contributed by atoms with Gasteiger partial charge in [-0.05, 0) is 25.1 Å². The number of fused-ring (bicyclic) bond motifs is 2. The third-order valence-corrected chi connectivity index (χ3v) is 2.82. The summed E-state index contributed by atoms with van der Waals surface area (Å²) in [5.74, 6) is 0.793. The van der Waals surface area contributed by atoms with Crippen molar-refractivity contribution < 1.29 is 9.53 Å². The van der Waals surface area contributed by atoms with Crippen molar-refractivity contribution in [3.05, 3.63) is 35.7 Å². The number of benzene rings is 1. The van der Waals surface area contributed by atoms with Gasteiger partial charge in [-0.1, -0.05) is 6.08 Å². The first-order valence-corrected chi connectivity index (χ1v) is 5.92. The molecule has 0 unspecified atom stereocenters. The molecule has 4 heteroatoms. The Morgan fingerprint density at radius 3 is 3.00 bits per heavy atom. The minimum Gasteiger partial charge on any atom is -0.494 e. The van der Waals surface area contributed by atoms with Gasteiger partial charge in [0.2, 0.25) is 0 Å². The Bertz CT molecular complexity index is 662. The standard InChI is InChI=1S/C14H12N2O2/c1-2-18-9-6-7-10-12(8-9)15-11-4-3-5-13(17)14(11)16-10/h3-4,6-8H,2,5H2,1H3. The third-order valence-electron chi connectivity index (χ3n) is 2.82. The van der Waals surface area contributed by atoms with Gasteiger partial charge in [0.25, 0.3) is 0 Å². The van der Waals surface area contributed by atoms with E-state index >= 15 is 0 Å². The molecule has 1 aromatic heterocycles. The Kier molecular flexibility index (Phi) is 2.55. The molecule has 4 nitrogen and oxygen atoms in total. The van der Waals surface area contributed by atoms with Crippen LogP contribution in [0.1, 0.15) is 29.5 Å². The van der Waals surface area contributed by atoms with Crippen LogP contribution in [0.15, 0.2) is 24.3 Å². The molecule has 90 valence electrons. The van der Waals surface area contributed by atoms with E-state index in [1.165, 1.54) is 0 Å². The molecule has 0 saturated carbocycles. The van der Waals surface area contributed by atoms with Crippen molar-refractivity contribution in [3.8, 4) is 5.75 Å². The van der Waals surface area contributed by atoms with E-state index in [4.69, 9.17) is 4.74 Å². The second kappa shape index (κ2) is 4.22. The molecule has 0 N–H and O–H groups in total. The fraction of sp³-hybridized carbons (Fsp3) is 0.214. The largest absolute Gasteiger partial charge is 0.494 e. The van der Waals surface area contributed by atoms with Crippen LogP contribution in [0.2, 0.25) is 0 Å². The smallest absolute Gasteiger partial charge is 0.187 e.